The number of aliphatic imine (C=N–C) groups is 1. The van der Waals surface area contributed by atoms with Crippen molar-refractivity contribution in [2.75, 3.05) is 13.6 Å². The molecule has 5 heteroatoms. The predicted octanol–water partition coefficient (Wildman–Crippen LogP) is 3.87. The molecule has 0 radical (unpaired) electrons. The third-order valence-corrected chi connectivity index (χ3v) is 5.17. The molecule has 1 aliphatic carbocycles. The van der Waals surface area contributed by atoms with Crippen LogP contribution in [0.4, 0.5) is 5.69 Å². The van der Waals surface area contributed by atoms with E-state index in [1.54, 1.807) is 0 Å². The predicted molar refractivity (Wildman–Crippen MR) is 106 cm³/mol. The van der Waals surface area contributed by atoms with Crippen LogP contribution in [-0.2, 0) is 19.4 Å². The molecule has 26 heavy (non-hydrogen) atoms. The van der Waals surface area contributed by atoms with Gasteiger partial charge in [0.25, 0.3) is 0 Å². The number of fused-ring (bicyclic) bond motifs is 1. The Kier molecular flexibility index (Phi) is 5.55. The van der Waals surface area contributed by atoms with Crippen LogP contribution in [-0.4, -0.2) is 40.4 Å². The Morgan fingerprint density at radius 3 is 2.81 bits per heavy atom. The first-order chi connectivity index (χ1) is 12.5. The lowest BCUT2D eigenvalue weighted by Gasteiger charge is -2.14. The number of benzene rings is 1. The molecular weight excluding hydrogens is 324 g/mol. The molecule has 0 spiro atoms. The first-order valence-corrected chi connectivity index (χ1v) is 9.42. The molecule has 0 bridgehead atoms. The van der Waals surface area contributed by atoms with Gasteiger partial charge in [0.05, 0.1) is 18.2 Å². The van der Waals surface area contributed by atoms with Crippen molar-refractivity contribution in [1.29, 1.82) is 0 Å². The number of aryl methyl sites for hydroxylation is 3. The maximum Gasteiger partial charge on any atom is 0.184 e. The topological polar surface area (TPSA) is 50.5 Å². The van der Waals surface area contributed by atoms with E-state index >= 15 is 0 Å². The fourth-order valence-electron chi connectivity index (χ4n) is 3.40. The zero-order valence-corrected chi connectivity index (χ0v) is 16.2. The summed E-state index contributed by atoms with van der Waals surface area (Å²) in [7, 11) is 1.99. The van der Waals surface area contributed by atoms with Gasteiger partial charge in [-0.2, -0.15) is 5.10 Å². The number of nitrogens with zero attached hydrogens (tertiary/aromatic N) is 4. The molecule has 1 aromatic carbocycles. The maximum absolute atomic E-state index is 12.9. The molecule has 1 heterocycles. The van der Waals surface area contributed by atoms with Gasteiger partial charge in [-0.25, -0.2) is 4.99 Å². The van der Waals surface area contributed by atoms with Gasteiger partial charge in [-0.3, -0.25) is 9.48 Å². The summed E-state index contributed by atoms with van der Waals surface area (Å²) in [5.74, 6) is 0.114. The molecule has 0 N–H and O–H groups in total. The zero-order chi connectivity index (χ0) is 18.7. The SMILES string of the molecule is CCN(C)C=Nc1cc(C)c(C(=O)Cn2ncc3c2CCCC3)cc1C. The molecule has 1 aliphatic rings. The summed E-state index contributed by atoms with van der Waals surface area (Å²) in [6, 6.07) is 3.97. The first kappa shape index (κ1) is 18.4. The van der Waals surface area contributed by atoms with Crippen molar-refractivity contribution < 1.29 is 4.79 Å². The number of carbonyl (C=O) groups is 1. The molecule has 138 valence electrons. The van der Waals surface area contributed by atoms with Crippen molar-refractivity contribution in [1.82, 2.24) is 14.7 Å². The third-order valence-electron chi connectivity index (χ3n) is 5.17. The van der Waals surface area contributed by atoms with E-state index in [9.17, 15) is 4.79 Å². The molecule has 0 aliphatic heterocycles. The molecule has 0 amide bonds. The van der Waals surface area contributed by atoms with E-state index in [2.05, 4.69) is 17.0 Å². The van der Waals surface area contributed by atoms with Gasteiger partial charge in [-0.1, -0.05) is 0 Å². The maximum atomic E-state index is 12.9. The standard InChI is InChI=1S/C21H28N4O/c1-5-24(4)14-22-19-11-15(2)18(10-16(19)3)21(26)13-25-20-9-7-6-8-17(20)12-23-25/h10-12,14H,5-9,13H2,1-4H3. The second kappa shape index (κ2) is 7.85. The number of hydrogen-bond donors (Lipinski definition) is 0. The molecule has 0 atom stereocenters. The lowest BCUT2D eigenvalue weighted by atomic mass is 9.97. The normalized spacial score (nSPS) is 13.8. The van der Waals surface area contributed by atoms with E-state index < -0.39 is 0 Å². The van der Waals surface area contributed by atoms with Crippen LogP contribution in [0.3, 0.4) is 0 Å². The highest BCUT2D eigenvalue weighted by Gasteiger charge is 2.18. The fourth-order valence-corrected chi connectivity index (χ4v) is 3.40. The van der Waals surface area contributed by atoms with E-state index in [1.165, 1.54) is 24.1 Å². The molecule has 0 saturated carbocycles. The summed E-state index contributed by atoms with van der Waals surface area (Å²) in [6.07, 6.45) is 8.28. The largest absolute Gasteiger partial charge is 0.366 e. The van der Waals surface area contributed by atoms with Gasteiger partial charge in [0, 0.05) is 24.8 Å². The molecule has 0 unspecified atom stereocenters. The number of Topliss-reactive ketones (excluding diaryl/α,β-unsaturated/α-hetero) is 1. The Labute approximate surface area is 155 Å². The van der Waals surface area contributed by atoms with Crippen molar-refractivity contribution in [3.05, 3.63) is 46.3 Å². The molecule has 0 fully saturated rings. The van der Waals surface area contributed by atoms with Crippen LogP contribution >= 0.6 is 0 Å². The van der Waals surface area contributed by atoms with Gasteiger partial charge in [-0.15, -0.1) is 0 Å². The molecule has 3 rings (SSSR count). The smallest absolute Gasteiger partial charge is 0.184 e. The van der Waals surface area contributed by atoms with Crippen molar-refractivity contribution in [2.45, 2.75) is 53.0 Å². The van der Waals surface area contributed by atoms with Gasteiger partial charge < -0.3 is 4.90 Å². The van der Waals surface area contributed by atoms with Crippen molar-refractivity contribution in [3.8, 4) is 0 Å². The Balaban J connectivity index is 1.80. The van der Waals surface area contributed by atoms with Crippen LogP contribution in [0.1, 0.15) is 52.5 Å². The highest BCUT2D eigenvalue weighted by atomic mass is 16.1. The average molecular weight is 352 g/mol. The number of hydrogen-bond acceptors (Lipinski definition) is 3. The quantitative estimate of drug-likeness (QED) is 0.450. The number of aromatic nitrogens is 2. The molecular formula is C21H28N4O. The van der Waals surface area contributed by atoms with Crippen LogP contribution in [0.15, 0.2) is 23.3 Å². The van der Waals surface area contributed by atoms with Crippen LogP contribution in [0.5, 0.6) is 0 Å². The first-order valence-electron chi connectivity index (χ1n) is 9.42. The van der Waals surface area contributed by atoms with Gasteiger partial charge in [-0.05, 0) is 75.3 Å². The lowest BCUT2D eigenvalue weighted by molar-refractivity contribution is 0.0965. The second-order valence-corrected chi connectivity index (χ2v) is 7.18. The van der Waals surface area contributed by atoms with E-state index in [4.69, 9.17) is 0 Å². The van der Waals surface area contributed by atoms with Gasteiger partial charge in [0.2, 0.25) is 0 Å². The number of carbonyl (C=O) groups excluding carboxylic acids is 1. The number of rotatable bonds is 6. The van der Waals surface area contributed by atoms with E-state index in [-0.39, 0.29) is 5.78 Å². The van der Waals surface area contributed by atoms with Gasteiger partial charge in [0.1, 0.15) is 6.54 Å². The van der Waals surface area contributed by atoms with Crippen molar-refractivity contribution in [2.24, 2.45) is 4.99 Å². The summed E-state index contributed by atoms with van der Waals surface area (Å²) in [5.41, 5.74) is 6.21. The van der Waals surface area contributed by atoms with Crippen molar-refractivity contribution >= 4 is 17.8 Å². The summed E-state index contributed by atoms with van der Waals surface area (Å²) in [5, 5.41) is 4.46. The molecule has 5 nitrogen and oxygen atoms in total. The molecule has 1 aromatic heterocycles. The minimum absolute atomic E-state index is 0.114. The summed E-state index contributed by atoms with van der Waals surface area (Å²) in [4.78, 5) is 19.5. The molecule has 2 aromatic rings. The third kappa shape index (κ3) is 3.87. The zero-order valence-electron chi connectivity index (χ0n) is 16.2. The lowest BCUT2D eigenvalue weighted by Crippen LogP contribution is -2.17. The van der Waals surface area contributed by atoms with Crippen LogP contribution < -0.4 is 0 Å². The van der Waals surface area contributed by atoms with Gasteiger partial charge >= 0.3 is 0 Å². The van der Waals surface area contributed by atoms with Gasteiger partial charge in [0.15, 0.2) is 5.78 Å². The highest BCUT2D eigenvalue weighted by molar-refractivity contribution is 5.98. The van der Waals surface area contributed by atoms with Crippen LogP contribution in [0.2, 0.25) is 0 Å². The highest BCUT2D eigenvalue weighted by Crippen LogP contribution is 2.25. The Morgan fingerprint density at radius 2 is 2.04 bits per heavy atom. The average Bonchev–Trinajstić information content (AvgIpc) is 3.04. The fraction of sp³-hybridized carbons (Fsp3) is 0.476. The van der Waals surface area contributed by atoms with E-state index in [0.717, 1.165) is 41.8 Å². The van der Waals surface area contributed by atoms with Crippen LogP contribution in [0, 0.1) is 13.8 Å². The molecule has 0 saturated heterocycles. The van der Waals surface area contributed by atoms with E-state index in [0.29, 0.717) is 6.54 Å². The monoisotopic (exact) mass is 352 g/mol. The summed E-state index contributed by atoms with van der Waals surface area (Å²) in [6.45, 7) is 7.29. The van der Waals surface area contributed by atoms with E-state index in [1.807, 2.05) is 55.1 Å². The van der Waals surface area contributed by atoms with Crippen molar-refractivity contribution in [3.63, 3.8) is 0 Å². The Hall–Kier alpha value is -2.43. The number of ketones is 1. The Morgan fingerprint density at radius 1 is 1.27 bits per heavy atom. The minimum Gasteiger partial charge on any atom is -0.366 e. The summed E-state index contributed by atoms with van der Waals surface area (Å²) < 4.78 is 1.90. The van der Waals surface area contributed by atoms with Crippen LogP contribution in [0.25, 0.3) is 0 Å². The second-order valence-electron chi connectivity index (χ2n) is 7.18. The Bertz CT molecular complexity index is 835. The summed E-state index contributed by atoms with van der Waals surface area (Å²) >= 11 is 0. The minimum atomic E-state index is 0.114.